The lowest BCUT2D eigenvalue weighted by atomic mass is 10.0. The molecule has 0 bridgehead atoms. The summed E-state index contributed by atoms with van der Waals surface area (Å²) in [6.45, 7) is 1.54. The van der Waals surface area contributed by atoms with Gasteiger partial charge in [0.2, 0.25) is 0 Å². The molecule has 9 heteroatoms. The van der Waals surface area contributed by atoms with Crippen LogP contribution in [0.1, 0.15) is 22.9 Å². The normalized spacial score (nSPS) is 21.0. The second kappa shape index (κ2) is 12.6. The van der Waals surface area contributed by atoms with Gasteiger partial charge >= 0.3 is 0 Å². The molecule has 1 aliphatic heterocycles. The van der Waals surface area contributed by atoms with E-state index in [9.17, 15) is 0 Å². The summed E-state index contributed by atoms with van der Waals surface area (Å²) in [7, 11) is 0. The molecule has 5 aromatic rings. The van der Waals surface area contributed by atoms with Gasteiger partial charge in [0.05, 0.1) is 39.1 Å². The van der Waals surface area contributed by atoms with Crippen LogP contribution in [-0.4, -0.2) is 44.4 Å². The van der Waals surface area contributed by atoms with E-state index in [0.717, 1.165) is 16.7 Å². The van der Waals surface area contributed by atoms with Crippen molar-refractivity contribution in [2.45, 2.75) is 44.4 Å². The molecule has 1 saturated heterocycles. The molecule has 1 N–H and O–H groups in total. The molecule has 3 heterocycles. The minimum absolute atomic E-state index is 0.313. The van der Waals surface area contributed by atoms with E-state index in [-0.39, 0.29) is 6.10 Å². The highest BCUT2D eigenvalue weighted by Crippen LogP contribution is 2.33. The number of ether oxygens (including phenoxy) is 4. The number of hydrogen-bond donors (Lipinski definition) is 1. The molecule has 40 heavy (non-hydrogen) atoms. The molecule has 1 fully saturated rings. The standard InChI is InChI=1S/C31H30N4O4S/c40-30-26-29(32-20-33-30)35(21-34-26)31-28(38-18-24-14-8-3-9-15-24)27(37-17-23-12-6-2-7-13-23)25(19-39-31)36-16-22-10-4-1-5-11-22/h1-15,20-21,25,27-28,31H,16-19H2,(H,32,33,40)/t25-,27+,28+,31+/m0/s1. The molecule has 204 valence electrons. The van der Waals surface area contributed by atoms with Gasteiger partial charge in [0.1, 0.15) is 29.5 Å². The average molecular weight is 555 g/mol. The lowest BCUT2D eigenvalue weighted by molar-refractivity contribution is -0.255. The molecule has 8 nitrogen and oxygen atoms in total. The van der Waals surface area contributed by atoms with E-state index in [2.05, 4.69) is 15.0 Å². The van der Waals surface area contributed by atoms with Crippen LogP contribution < -0.4 is 0 Å². The van der Waals surface area contributed by atoms with Crippen LogP contribution in [0.25, 0.3) is 11.2 Å². The Kier molecular flexibility index (Phi) is 8.36. The zero-order valence-corrected chi connectivity index (χ0v) is 22.7. The first-order valence-electron chi connectivity index (χ1n) is 13.2. The van der Waals surface area contributed by atoms with E-state index < -0.39 is 18.4 Å². The molecule has 0 radical (unpaired) electrons. The van der Waals surface area contributed by atoms with Gasteiger partial charge in [0.15, 0.2) is 10.9 Å². The molecular weight excluding hydrogens is 524 g/mol. The predicted octanol–water partition coefficient (Wildman–Crippen LogP) is 5.77. The minimum Gasteiger partial charge on any atom is -0.368 e. The first-order chi connectivity index (χ1) is 19.8. The fourth-order valence-corrected chi connectivity index (χ4v) is 5.10. The molecule has 0 amide bonds. The van der Waals surface area contributed by atoms with Crippen molar-refractivity contribution in [1.82, 2.24) is 19.5 Å². The van der Waals surface area contributed by atoms with Gasteiger partial charge in [-0.05, 0) is 16.7 Å². The van der Waals surface area contributed by atoms with Gasteiger partial charge in [0.25, 0.3) is 0 Å². The van der Waals surface area contributed by atoms with E-state index in [1.54, 1.807) is 12.7 Å². The number of nitrogens with zero attached hydrogens (tertiary/aromatic N) is 3. The highest BCUT2D eigenvalue weighted by atomic mass is 32.1. The number of rotatable bonds is 10. The van der Waals surface area contributed by atoms with Crippen LogP contribution >= 0.6 is 12.2 Å². The third-order valence-electron chi connectivity index (χ3n) is 6.93. The molecule has 0 aliphatic carbocycles. The minimum atomic E-state index is -0.542. The second-order valence-electron chi connectivity index (χ2n) is 9.64. The average Bonchev–Trinajstić information content (AvgIpc) is 3.45. The predicted molar refractivity (Wildman–Crippen MR) is 153 cm³/mol. The smallest absolute Gasteiger partial charge is 0.165 e. The maximum absolute atomic E-state index is 6.63. The molecule has 0 unspecified atom stereocenters. The van der Waals surface area contributed by atoms with E-state index >= 15 is 0 Å². The molecule has 1 aliphatic rings. The number of benzene rings is 3. The molecular formula is C31H30N4O4S. The molecule has 4 atom stereocenters. The lowest BCUT2D eigenvalue weighted by Gasteiger charge is -2.42. The zero-order valence-electron chi connectivity index (χ0n) is 21.8. The van der Waals surface area contributed by atoms with Crippen molar-refractivity contribution in [2.75, 3.05) is 6.61 Å². The van der Waals surface area contributed by atoms with E-state index in [0.29, 0.717) is 42.2 Å². The Labute approximate surface area is 237 Å². The van der Waals surface area contributed by atoms with Gasteiger partial charge in [-0.1, -0.05) is 103 Å². The summed E-state index contributed by atoms with van der Waals surface area (Å²) >= 11 is 5.41. The van der Waals surface area contributed by atoms with Crippen LogP contribution in [0.4, 0.5) is 0 Å². The Morgan fingerprint density at radius 3 is 1.90 bits per heavy atom. The van der Waals surface area contributed by atoms with Gasteiger partial charge in [0, 0.05) is 0 Å². The van der Waals surface area contributed by atoms with Crippen LogP contribution in [0.3, 0.4) is 0 Å². The topological polar surface area (TPSA) is 83.4 Å². The fourth-order valence-electron chi connectivity index (χ4n) is 4.90. The van der Waals surface area contributed by atoms with Gasteiger partial charge < -0.3 is 23.9 Å². The van der Waals surface area contributed by atoms with Crippen molar-refractivity contribution >= 4 is 23.4 Å². The molecule has 3 aromatic carbocycles. The Balaban J connectivity index is 1.33. The lowest BCUT2D eigenvalue weighted by Crippen LogP contribution is -2.54. The first-order valence-corrected chi connectivity index (χ1v) is 13.7. The van der Waals surface area contributed by atoms with Crippen LogP contribution in [-0.2, 0) is 38.8 Å². The van der Waals surface area contributed by atoms with Crippen LogP contribution in [0.5, 0.6) is 0 Å². The maximum atomic E-state index is 6.63. The Morgan fingerprint density at radius 1 is 0.750 bits per heavy atom. The quantitative estimate of drug-likeness (QED) is 0.219. The van der Waals surface area contributed by atoms with Crippen LogP contribution in [0.15, 0.2) is 104 Å². The number of aromatic nitrogens is 4. The van der Waals surface area contributed by atoms with Gasteiger partial charge in [-0.25, -0.2) is 9.97 Å². The third-order valence-corrected chi connectivity index (χ3v) is 7.23. The third kappa shape index (κ3) is 6.04. The number of fused-ring (bicyclic) bond motifs is 1. The zero-order chi connectivity index (χ0) is 27.1. The highest BCUT2D eigenvalue weighted by molar-refractivity contribution is 7.71. The second-order valence-corrected chi connectivity index (χ2v) is 10.0. The van der Waals surface area contributed by atoms with Crippen molar-refractivity contribution in [3.63, 3.8) is 0 Å². The molecule has 0 saturated carbocycles. The summed E-state index contributed by atoms with van der Waals surface area (Å²) in [4.78, 5) is 11.9. The molecule has 6 rings (SSSR count). The van der Waals surface area contributed by atoms with Gasteiger partial charge in [-0.3, -0.25) is 4.57 Å². The van der Waals surface area contributed by atoms with Gasteiger partial charge in [-0.2, -0.15) is 0 Å². The molecule has 0 spiro atoms. The number of hydrogen-bond acceptors (Lipinski definition) is 7. The fraction of sp³-hybridized carbons (Fsp3) is 0.258. The summed E-state index contributed by atoms with van der Waals surface area (Å²) in [6.07, 6.45) is 1.41. The Morgan fingerprint density at radius 2 is 1.30 bits per heavy atom. The summed E-state index contributed by atoms with van der Waals surface area (Å²) in [6, 6.07) is 30.3. The number of imidazole rings is 1. The van der Waals surface area contributed by atoms with Crippen molar-refractivity contribution < 1.29 is 18.9 Å². The largest absolute Gasteiger partial charge is 0.368 e. The van der Waals surface area contributed by atoms with Crippen LogP contribution in [0.2, 0.25) is 0 Å². The summed E-state index contributed by atoms with van der Waals surface area (Å²) < 4.78 is 28.5. The van der Waals surface area contributed by atoms with Crippen molar-refractivity contribution in [1.29, 1.82) is 0 Å². The first kappa shape index (κ1) is 26.5. The van der Waals surface area contributed by atoms with Crippen molar-refractivity contribution in [2.24, 2.45) is 0 Å². The SMILES string of the molecule is S=c1nc[nH]c2c1ncn2[C@@H]1OC[C@H](OCc2ccccc2)[C@@H](OCc2ccccc2)[C@H]1OCc1ccccc1. The summed E-state index contributed by atoms with van der Waals surface area (Å²) in [5.41, 5.74) is 4.51. The van der Waals surface area contributed by atoms with E-state index in [1.165, 1.54) is 0 Å². The Bertz CT molecular complexity index is 1560. The maximum Gasteiger partial charge on any atom is 0.165 e. The number of aromatic amines is 1. The van der Waals surface area contributed by atoms with Gasteiger partial charge in [-0.15, -0.1) is 0 Å². The van der Waals surface area contributed by atoms with Crippen molar-refractivity contribution in [3.05, 3.63) is 125 Å². The van der Waals surface area contributed by atoms with E-state index in [4.69, 9.17) is 31.2 Å². The monoisotopic (exact) mass is 554 g/mol. The molecule has 2 aromatic heterocycles. The number of nitrogens with one attached hydrogen (secondary N) is 1. The van der Waals surface area contributed by atoms with Crippen molar-refractivity contribution in [3.8, 4) is 0 Å². The van der Waals surface area contributed by atoms with Crippen LogP contribution in [0, 0.1) is 4.64 Å². The Hall–Kier alpha value is -3.73. The summed E-state index contributed by atoms with van der Waals surface area (Å²) in [5.74, 6) is 0. The number of H-pyrrole nitrogens is 1. The highest BCUT2D eigenvalue weighted by Gasteiger charge is 2.44. The van der Waals surface area contributed by atoms with E-state index in [1.807, 2.05) is 95.6 Å². The summed E-state index contributed by atoms with van der Waals surface area (Å²) in [5, 5.41) is 0.